The van der Waals surface area contributed by atoms with E-state index in [-0.39, 0.29) is 0 Å². The third-order valence-electron chi connectivity index (χ3n) is 3.32. The SMILES string of the molecule is Cc1ccc(Cl)c(OCCCCN2CCOCC2)c1. The maximum Gasteiger partial charge on any atom is 0.138 e. The number of unbranched alkanes of at least 4 members (excludes halogenated alkanes) is 1. The van der Waals surface area contributed by atoms with Gasteiger partial charge in [0.15, 0.2) is 0 Å². The molecule has 0 radical (unpaired) electrons. The van der Waals surface area contributed by atoms with Crippen molar-refractivity contribution < 1.29 is 9.47 Å². The molecule has 3 nitrogen and oxygen atoms in total. The highest BCUT2D eigenvalue weighted by molar-refractivity contribution is 6.32. The van der Waals surface area contributed by atoms with E-state index in [9.17, 15) is 0 Å². The first-order valence-electron chi connectivity index (χ1n) is 6.95. The van der Waals surface area contributed by atoms with Crippen LogP contribution in [0.25, 0.3) is 0 Å². The van der Waals surface area contributed by atoms with Crippen molar-refractivity contribution in [1.29, 1.82) is 0 Å². The number of ether oxygens (including phenoxy) is 2. The van der Waals surface area contributed by atoms with Crippen LogP contribution in [0, 0.1) is 6.92 Å². The molecule has 1 aromatic carbocycles. The molecule has 1 saturated heterocycles. The van der Waals surface area contributed by atoms with E-state index in [4.69, 9.17) is 21.1 Å². The second kappa shape index (κ2) is 7.73. The molecule has 1 aromatic rings. The molecule has 0 amide bonds. The van der Waals surface area contributed by atoms with E-state index in [1.165, 1.54) is 5.56 Å². The van der Waals surface area contributed by atoms with Crippen LogP contribution in [0.3, 0.4) is 0 Å². The van der Waals surface area contributed by atoms with E-state index >= 15 is 0 Å². The first-order valence-corrected chi connectivity index (χ1v) is 7.32. The van der Waals surface area contributed by atoms with E-state index in [0.29, 0.717) is 5.02 Å². The van der Waals surface area contributed by atoms with Crippen LogP contribution in [0.2, 0.25) is 5.02 Å². The smallest absolute Gasteiger partial charge is 0.138 e. The molecule has 0 atom stereocenters. The Labute approximate surface area is 120 Å². The van der Waals surface area contributed by atoms with Crippen LogP contribution < -0.4 is 4.74 Å². The molecule has 0 saturated carbocycles. The molecule has 0 spiro atoms. The Kier molecular flexibility index (Phi) is 5.95. The quantitative estimate of drug-likeness (QED) is 0.749. The van der Waals surface area contributed by atoms with Crippen molar-refractivity contribution in [3.8, 4) is 5.75 Å². The highest BCUT2D eigenvalue weighted by atomic mass is 35.5. The van der Waals surface area contributed by atoms with E-state index in [2.05, 4.69) is 4.90 Å². The van der Waals surface area contributed by atoms with E-state index in [1.54, 1.807) is 0 Å². The van der Waals surface area contributed by atoms with Gasteiger partial charge >= 0.3 is 0 Å². The molecule has 1 heterocycles. The Morgan fingerprint density at radius 2 is 2.05 bits per heavy atom. The van der Waals surface area contributed by atoms with Crippen molar-refractivity contribution >= 4 is 11.6 Å². The van der Waals surface area contributed by atoms with Gasteiger partial charge in [0, 0.05) is 13.1 Å². The molecule has 19 heavy (non-hydrogen) atoms. The summed E-state index contributed by atoms with van der Waals surface area (Å²) in [6.45, 7) is 7.77. The summed E-state index contributed by atoms with van der Waals surface area (Å²) in [4.78, 5) is 2.45. The Morgan fingerprint density at radius 3 is 2.84 bits per heavy atom. The summed E-state index contributed by atoms with van der Waals surface area (Å²) < 4.78 is 11.1. The molecule has 0 unspecified atom stereocenters. The van der Waals surface area contributed by atoms with Crippen molar-refractivity contribution in [2.75, 3.05) is 39.5 Å². The van der Waals surface area contributed by atoms with Crippen LogP contribution in [0.5, 0.6) is 5.75 Å². The summed E-state index contributed by atoms with van der Waals surface area (Å²) in [5.74, 6) is 0.799. The number of benzene rings is 1. The van der Waals surface area contributed by atoms with Crippen molar-refractivity contribution in [1.82, 2.24) is 4.90 Å². The Bertz CT molecular complexity index is 392. The molecule has 0 aromatic heterocycles. The highest BCUT2D eigenvalue weighted by Crippen LogP contribution is 2.25. The molecular weight excluding hydrogens is 262 g/mol. The molecule has 1 aliphatic rings. The minimum atomic E-state index is 0.693. The number of morpholine rings is 1. The molecule has 4 heteroatoms. The van der Waals surface area contributed by atoms with Gasteiger partial charge in [0.05, 0.1) is 24.8 Å². The normalized spacial score (nSPS) is 16.5. The van der Waals surface area contributed by atoms with Gasteiger partial charge in [-0.05, 0) is 44.0 Å². The minimum absolute atomic E-state index is 0.693. The van der Waals surface area contributed by atoms with Crippen LogP contribution >= 0.6 is 11.6 Å². The average molecular weight is 284 g/mol. The van der Waals surface area contributed by atoms with Gasteiger partial charge in [-0.2, -0.15) is 0 Å². The summed E-state index contributed by atoms with van der Waals surface area (Å²) in [5.41, 5.74) is 1.17. The van der Waals surface area contributed by atoms with Gasteiger partial charge in [0.1, 0.15) is 5.75 Å². The summed E-state index contributed by atoms with van der Waals surface area (Å²) >= 11 is 6.08. The Morgan fingerprint density at radius 1 is 1.26 bits per heavy atom. The second-order valence-corrected chi connectivity index (χ2v) is 5.35. The zero-order chi connectivity index (χ0) is 13.5. The van der Waals surface area contributed by atoms with Gasteiger partial charge in [0.2, 0.25) is 0 Å². The minimum Gasteiger partial charge on any atom is -0.492 e. The number of nitrogens with zero attached hydrogens (tertiary/aromatic N) is 1. The molecular formula is C15H22ClNO2. The largest absolute Gasteiger partial charge is 0.492 e. The fourth-order valence-electron chi connectivity index (χ4n) is 2.17. The number of aryl methyl sites for hydroxylation is 1. The lowest BCUT2D eigenvalue weighted by molar-refractivity contribution is 0.0368. The van der Waals surface area contributed by atoms with Crippen LogP contribution in [0.4, 0.5) is 0 Å². The topological polar surface area (TPSA) is 21.7 Å². The van der Waals surface area contributed by atoms with Crippen molar-refractivity contribution in [3.05, 3.63) is 28.8 Å². The van der Waals surface area contributed by atoms with Crippen LogP contribution in [-0.4, -0.2) is 44.4 Å². The fourth-order valence-corrected chi connectivity index (χ4v) is 2.34. The predicted molar refractivity (Wildman–Crippen MR) is 78.2 cm³/mol. The van der Waals surface area contributed by atoms with Gasteiger partial charge in [-0.15, -0.1) is 0 Å². The van der Waals surface area contributed by atoms with E-state index < -0.39 is 0 Å². The second-order valence-electron chi connectivity index (χ2n) is 4.94. The monoisotopic (exact) mass is 283 g/mol. The van der Waals surface area contributed by atoms with E-state index in [1.807, 2.05) is 25.1 Å². The Balaban J connectivity index is 1.62. The summed E-state index contributed by atoms with van der Waals surface area (Å²) in [7, 11) is 0. The van der Waals surface area contributed by atoms with Gasteiger partial charge in [0.25, 0.3) is 0 Å². The molecule has 106 valence electrons. The molecule has 1 fully saturated rings. The summed E-state index contributed by atoms with van der Waals surface area (Å²) in [6.07, 6.45) is 2.21. The first-order chi connectivity index (χ1) is 9.25. The maximum absolute atomic E-state index is 6.08. The zero-order valence-corrected chi connectivity index (χ0v) is 12.3. The zero-order valence-electron chi connectivity index (χ0n) is 11.5. The van der Waals surface area contributed by atoms with Crippen molar-refractivity contribution in [3.63, 3.8) is 0 Å². The molecule has 1 aliphatic heterocycles. The maximum atomic E-state index is 6.08. The van der Waals surface area contributed by atoms with Crippen molar-refractivity contribution in [2.45, 2.75) is 19.8 Å². The van der Waals surface area contributed by atoms with Crippen LogP contribution in [0.1, 0.15) is 18.4 Å². The van der Waals surface area contributed by atoms with Gasteiger partial charge < -0.3 is 9.47 Å². The van der Waals surface area contributed by atoms with Crippen molar-refractivity contribution in [2.24, 2.45) is 0 Å². The first kappa shape index (κ1) is 14.6. The number of rotatable bonds is 6. The third kappa shape index (κ3) is 5.01. The van der Waals surface area contributed by atoms with Gasteiger partial charge in [-0.1, -0.05) is 17.7 Å². The lowest BCUT2D eigenvalue weighted by Crippen LogP contribution is -2.36. The van der Waals surface area contributed by atoms with Gasteiger partial charge in [-0.25, -0.2) is 0 Å². The molecule has 2 rings (SSSR count). The lowest BCUT2D eigenvalue weighted by atomic mass is 10.2. The standard InChI is InChI=1S/C15H22ClNO2/c1-13-4-5-14(16)15(12-13)19-9-3-2-6-17-7-10-18-11-8-17/h4-5,12H,2-3,6-11H2,1H3. The third-order valence-corrected chi connectivity index (χ3v) is 3.63. The van der Waals surface area contributed by atoms with Crippen LogP contribution in [-0.2, 0) is 4.74 Å². The number of halogens is 1. The van der Waals surface area contributed by atoms with E-state index in [0.717, 1.165) is 58.0 Å². The molecule has 0 aliphatic carbocycles. The lowest BCUT2D eigenvalue weighted by Gasteiger charge is -2.26. The fraction of sp³-hybridized carbons (Fsp3) is 0.600. The molecule has 0 N–H and O–H groups in total. The van der Waals surface area contributed by atoms with Crippen LogP contribution in [0.15, 0.2) is 18.2 Å². The summed E-state index contributed by atoms with van der Waals surface area (Å²) in [6, 6.07) is 5.87. The Hall–Kier alpha value is -0.770. The average Bonchev–Trinajstić information content (AvgIpc) is 2.43. The number of hydrogen-bond donors (Lipinski definition) is 0. The number of hydrogen-bond acceptors (Lipinski definition) is 3. The highest BCUT2D eigenvalue weighted by Gasteiger charge is 2.09. The predicted octanol–water partition coefficient (Wildman–Crippen LogP) is 3.14. The summed E-state index contributed by atoms with van der Waals surface area (Å²) in [5, 5.41) is 0.693. The van der Waals surface area contributed by atoms with Gasteiger partial charge in [-0.3, -0.25) is 4.90 Å². The molecule has 0 bridgehead atoms.